The highest BCUT2D eigenvalue weighted by Gasteiger charge is 2.11. The molecular formula is C11H17NO3S. The summed E-state index contributed by atoms with van der Waals surface area (Å²) in [5, 5.41) is 12.3. The first kappa shape index (κ1) is 13.1. The molecule has 16 heavy (non-hydrogen) atoms. The van der Waals surface area contributed by atoms with E-state index in [4.69, 9.17) is 4.42 Å². The lowest BCUT2D eigenvalue weighted by atomic mass is 10.2. The van der Waals surface area contributed by atoms with Crippen molar-refractivity contribution in [2.45, 2.75) is 18.9 Å². The highest BCUT2D eigenvalue weighted by atomic mass is 32.2. The third-order valence-electron chi connectivity index (χ3n) is 2.12. The van der Waals surface area contributed by atoms with Crippen molar-refractivity contribution in [2.75, 3.05) is 18.6 Å². The second-order valence-electron chi connectivity index (χ2n) is 3.43. The minimum atomic E-state index is -0.764. The molecule has 4 nitrogen and oxygen atoms in total. The summed E-state index contributed by atoms with van der Waals surface area (Å²) in [6.07, 6.45) is 4.12. The molecule has 5 heteroatoms. The van der Waals surface area contributed by atoms with E-state index in [1.807, 2.05) is 6.26 Å². The van der Waals surface area contributed by atoms with Crippen LogP contribution in [0.25, 0.3) is 0 Å². The Bertz CT molecular complexity index is 300. The Hall–Kier alpha value is -0.940. The average molecular weight is 243 g/mol. The van der Waals surface area contributed by atoms with E-state index < -0.39 is 6.10 Å². The lowest BCUT2D eigenvalue weighted by Gasteiger charge is -2.09. The van der Waals surface area contributed by atoms with E-state index in [-0.39, 0.29) is 12.5 Å². The van der Waals surface area contributed by atoms with Crippen LogP contribution in [-0.2, 0) is 4.79 Å². The number of carbonyl (C=O) groups excluding carboxylic acids is 1. The van der Waals surface area contributed by atoms with Gasteiger partial charge in [-0.2, -0.15) is 11.8 Å². The number of hydrogen-bond donors (Lipinski definition) is 2. The number of rotatable bonds is 7. The maximum atomic E-state index is 11.3. The van der Waals surface area contributed by atoms with Crippen molar-refractivity contribution in [1.29, 1.82) is 0 Å². The van der Waals surface area contributed by atoms with Crippen molar-refractivity contribution in [3.8, 4) is 0 Å². The summed E-state index contributed by atoms with van der Waals surface area (Å²) in [6.45, 7) is 0.200. The van der Waals surface area contributed by atoms with Gasteiger partial charge in [-0.05, 0) is 30.6 Å². The number of carbonyl (C=O) groups is 1. The monoisotopic (exact) mass is 243 g/mol. The van der Waals surface area contributed by atoms with Crippen LogP contribution in [0.1, 0.15) is 24.7 Å². The minimum Gasteiger partial charge on any atom is -0.467 e. The van der Waals surface area contributed by atoms with Crippen LogP contribution < -0.4 is 5.32 Å². The Morgan fingerprint density at radius 2 is 2.50 bits per heavy atom. The van der Waals surface area contributed by atoms with Crippen molar-refractivity contribution in [3.05, 3.63) is 24.2 Å². The summed E-state index contributed by atoms with van der Waals surface area (Å²) in [5.41, 5.74) is 0. The second-order valence-corrected chi connectivity index (χ2v) is 4.42. The van der Waals surface area contributed by atoms with Gasteiger partial charge in [0.1, 0.15) is 11.9 Å². The molecule has 1 aromatic heterocycles. The predicted octanol–water partition coefficient (Wildman–Crippen LogP) is 1.57. The summed E-state index contributed by atoms with van der Waals surface area (Å²) >= 11 is 1.72. The third-order valence-corrected chi connectivity index (χ3v) is 2.81. The average Bonchev–Trinajstić information content (AvgIpc) is 2.79. The van der Waals surface area contributed by atoms with Crippen LogP contribution in [0.5, 0.6) is 0 Å². The van der Waals surface area contributed by atoms with Crippen LogP contribution in [0.15, 0.2) is 22.8 Å². The molecule has 0 bridgehead atoms. The number of aliphatic hydroxyl groups excluding tert-OH is 1. The number of hydrogen-bond acceptors (Lipinski definition) is 4. The molecular weight excluding hydrogens is 226 g/mol. The highest BCUT2D eigenvalue weighted by molar-refractivity contribution is 7.98. The zero-order valence-electron chi connectivity index (χ0n) is 9.31. The fourth-order valence-corrected chi connectivity index (χ4v) is 1.69. The molecule has 0 aliphatic rings. The van der Waals surface area contributed by atoms with Gasteiger partial charge in [-0.25, -0.2) is 0 Å². The summed E-state index contributed by atoms with van der Waals surface area (Å²) in [4.78, 5) is 11.3. The van der Waals surface area contributed by atoms with E-state index in [1.165, 1.54) is 6.26 Å². The summed E-state index contributed by atoms with van der Waals surface area (Å²) in [7, 11) is 0. The van der Waals surface area contributed by atoms with Gasteiger partial charge in [-0.1, -0.05) is 0 Å². The van der Waals surface area contributed by atoms with Crippen molar-refractivity contribution in [2.24, 2.45) is 0 Å². The fraction of sp³-hybridized carbons (Fsp3) is 0.545. The maximum absolute atomic E-state index is 11.3. The zero-order chi connectivity index (χ0) is 11.8. The standard InChI is InChI=1S/C11H17NO3S/c1-16-7-3-5-11(14)12-8-9(13)10-4-2-6-15-10/h2,4,6,9,13H,3,5,7-8H2,1H3,(H,12,14). The van der Waals surface area contributed by atoms with E-state index in [1.54, 1.807) is 23.9 Å². The number of furan rings is 1. The largest absolute Gasteiger partial charge is 0.467 e. The van der Waals surface area contributed by atoms with Crippen molar-refractivity contribution in [1.82, 2.24) is 5.32 Å². The molecule has 90 valence electrons. The molecule has 1 heterocycles. The van der Waals surface area contributed by atoms with Crippen LogP contribution in [0, 0.1) is 0 Å². The topological polar surface area (TPSA) is 62.5 Å². The quantitative estimate of drug-likeness (QED) is 0.714. The van der Waals surface area contributed by atoms with Crippen LogP contribution in [0.3, 0.4) is 0 Å². The number of nitrogens with one attached hydrogen (secondary N) is 1. The molecule has 0 spiro atoms. The van der Waals surface area contributed by atoms with Gasteiger partial charge < -0.3 is 14.8 Å². The molecule has 1 unspecified atom stereocenters. The van der Waals surface area contributed by atoms with Gasteiger partial charge in [0.25, 0.3) is 0 Å². The van der Waals surface area contributed by atoms with E-state index in [2.05, 4.69) is 5.32 Å². The third kappa shape index (κ3) is 4.72. The van der Waals surface area contributed by atoms with Gasteiger partial charge in [0.2, 0.25) is 5.91 Å². The number of amides is 1. The van der Waals surface area contributed by atoms with Gasteiger partial charge in [0.15, 0.2) is 0 Å². The van der Waals surface area contributed by atoms with Crippen LogP contribution >= 0.6 is 11.8 Å². The first-order chi connectivity index (χ1) is 7.74. The van der Waals surface area contributed by atoms with Gasteiger partial charge in [0.05, 0.1) is 12.8 Å². The van der Waals surface area contributed by atoms with Crippen LogP contribution in [0.4, 0.5) is 0 Å². The zero-order valence-corrected chi connectivity index (χ0v) is 10.1. The fourth-order valence-electron chi connectivity index (χ4n) is 1.26. The lowest BCUT2D eigenvalue weighted by Crippen LogP contribution is -2.28. The molecule has 0 aliphatic carbocycles. The van der Waals surface area contributed by atoms with Gasteiger partial charge in [-0.15, -0.1) is 0 Å². The second kappa shape index (κ2) is 7.35. The first-order valence-corrected chi connectivity index (χ1v) is 6.60. The van der Waals surface area contributed by atoms with Crippen LogP contribution in [-0.4, -0.2) is 29.6 Å². The summed E-state index contributed by atoms with van der Waals surface area (Å²) in [5.74, 6) is 1.43. The van der Waals surface area contributed by atoms with Gasteiger partial charge in [0, 0.05) is 6.42 Å². The lowest BCUT2D eigenvalue weighted by molar-refractivity contribution is -0.121. The van der Waals surface area contributed by atoms with E-state index in [0.717, 1.165) is 12.2 Å². The van der Waals surface area contributed by atoms with E-state index >= 15 is 0 Å². The smallest absolute Gasteiger partial charge is 0.220 e. The molecule has 1 rings (SSSR count). The Kier molecular flexibility index (Phi) is 6.03. The SMILES string of the molecule is CSCCCC(=O)NCC(O)c1ccco1. The number of aliphatic hydroxyl groups is 1. The van der Waals surface area contributed by atoms with E-state index in [0.29, 0.717) is 12.2 Å². The summed E-state index contributed by atoms with van der Waals surface area (Å²) < 4.78 is 5.02. The normalized spacial score (nSPS) is 12.4. The Morgan fingerprint density at radius 1 is 1.69 bits per heavy atom. The molecule has 1 amide bonds. The molecule has 2 N–H and O–H groups in total. The molecule has 0 saturated heterocycles. The van der Waals surface area contributed by atoms with Crippen molar-refractivity contribution in [3.63, 3.8) is 0 Å². The summed E-state index contributed by atoms with van der Waals surface area (Å²) in [6, 6.07) is 3.39. The molecule has 0 radical (unpaired) electrons. The maximum Gasteiger partial charge on any atom is 0.220 e. The molecule has 0 fully saturated rings. The Balaban J connectivity index is 2.16. The molecule has 0 saturated carbocycles. The Labute approximate surface area is 99.4 Å². The van der Waals surface area contributed by atoms with E-state index in [9.17, 15) is 9.90 Å². The van der Waals surface area contributed by atoms with Crippen molar-refractivity contribution >= 4 is 17.7 Å². The predicted molar refractivity (Wildman–Crippen MR) is 64.3 cm³/mol. The van der Waals surface area contributed by atoms with Crippen molar-refractivity contribution < 1.29 is 14.3 Å². The number of thioether (sulfide) groups is 1. The minimum absolute atomic E-state index is 0.0281. The molecule has 0 aliphatic heterocycles. The molecule has 1 aromatic rings. The molecule has 1 atom stereocenters. The van der Waals surface area contributed by atoms with Crippen LogP contribution in [0.2, 0.25) is 0 Å². The Morgan fingerprint density at radius 3 is 3.12 bits per heavy atom. The van der Waals surface area contributed by atoms with Gasteiger partial charge >= 0.3 is 0 Å². The first-order valence-electron chi connectivity index (χ1n) is 5.21. The van der Waals surface area contributed by atoms with Gasteiger partial charge in [-0.3, -0.25) is 4.79 Å². The highest BCUT2D eigenvalue weighted by Crippen LogP contribution is 2.11. The molecule has 0 aromatic carbocycles.